The molecule has 0 bridgehead atoms. The normalized spacial score (nSPS) is 15.6. The molecule has 0 N–H and O–H groups in total. The summed E-state index contributed by atoms with van der Waals surface area (Å²) in [7, 11) is -3.16. The first-order valence-electron chi connectivity index (χ1n) is 4.99. The van der Waals surface area contributed by atoms with Crippen LogP contribution in [0.3, 0.4) is 0 Å². The van der Waals surface area contributed by atoms with Crippen LogP contribution in [0.2, 0.25) is 5.02 Å². The summed E-state index contributed by atoms with van der Waals surface area (Å²) in [6, 6.07) is 4.42. The van der Waals surface area contributed by atoms with Crippen molar-refractivity contribution in [3.63, 3.8) is 0 Å². The first-order chi connectivity index (χ1) is 7.73. The Labute approximate surface area is 114 Å². The molecular weight excluding hydrogens is 331 g/mol. The highest BCUT2D eigenvalue weighted by Crippen LogP contribution is 2.25. The summed E-state index contributed by atoms with van der Waals surface area (Å²) in [5, 5.41) is -0.284. The third-order valence-electron chi connectivity index (χ3n) is 2.65. The van der Waals surface area contributed by atoms with Gasteiger partial charge < -0.3 is 0 Å². The summed E-state index contributed by atoms with van der Waals surface area (Å²) >= 11 is 9.16. The fraction of sp³-hybridized carbons (Fsp3) is 0.455. The van der Waals surface area contributed by atoms with Gasteiger partial charge in [0.15, 0.2) is 9.84 Å². The number of hydrogen-bond donors (Lipinski definition) is 0. The van der Waals surface area contributed by atoms with Crippen LogP contribution in [0.15, 0.2) is 18.2 Å². The van der Waals surface area contributed by atoms with Crippen LogP contribution < -0.4 is 0 Å². The Hall–Kier alpha value is -0.130. The molecule has 0 heterocycles. The lowest BCUT2D eigenvalue weighted by atomic mass is 10.1. The number of rotatable bonds is 4. The highest BCUT2D eigenvalue weighted by atomic mass is 79.9. The minimum Gasteiger partial charge on any atom is -0.229 e. The molecule has 0 saturated carbocycles. The Balaban J connectivity index is 2.92. The van der Waals surface area contributed by atoms with Gasteiger partial charge in [0.05, 0.1) is 5.25 Å². The molecule has 96 valence electrons. The van der Waals surface area contributed by atoms with Crippen molar-refractivity contribution in [2.45, 2.75) is 23.4 Å². The van der Waals surface area contributed by atoms with Gasteiger partial charge in [0.25, 0.3) is 0 Å². The fourth-order valence-corrected chi connectivity index (χ4v) is 3.73. The average molecular weight is 344 g/mol. The fourth-order valence-electron chi connectivity index (χ4n) is 1.36. The molecular formula is C11H13BrClFO2S. The quantitative estimate of drug-likeness (QED) is 0.787. The van der Waals surface area contributed by atoms with E-state index >= 15 is 0 Å². The first kappa shape index (κ1) is 14.9. The molecule has 17 heavy (non-hydrogen) atoms. The number of halogens is 3. The highest BCUT2D eigenvalue weighted by molar-refractivity contribution is 9.09. The van der Waals surface area contributed by atoms with Gasteiger partial charge in [-0.05, 0) is 25.5 Å². The highest BCUT2D eigenvalue weighted by Gasteiger charge is 2.25. The summed E-state index contributed by atoms with van der Waals surface area (Å²) in [6.07, 6.45) is 1.40. The van der Waals surface area contributed by atoms with Crippen molar-refractivity contribution in [3.05, 3.63) is 34.6 Å². The smallest absolute Gasteiger partial charge is 0.151 e. The molecule has 0 spiro atoms. The summed E-state index contributed by atoms with van der Waals surface area (Å²) in [5.74, 6) is -0.414. The molecule has 2 nitrogen and oxygen atoms in total. The van der Waals surface area contributed by atoms with Crippen molar-refractivity contribution >= 4 is 37.4 Å². The Kier molecular flexibility index (Phi) is 4.98. The van der Waals surface area contributed by atoms with Crippen molar-refractivity contribution in [2.75, 3.05) is 6.26 Å². The van der Waals surface area contributed by atoms with E-state index in [2.05, 4.69) is 15.9 Å². The van der Waals surface area contributed by atoms with Crippen molar-refractivity contribution in [1.82, 2.24) is 0 Å². The molecule has 1 aromatic carbocycles. The zero-order valence-electron chi connectivity index (χ0n) is 9.45. The largest absolute Gasteiger partial charge is 0.229 e. The van der Waals surface area contributed by atoms with Gasteiger partial charge >= 0.3 is 0 Å². The molecule has 0 aliphatic heterocycles. The maximum absolute atomic E-state index is 13.5. The van der Waals surface area contributed by atoms with E-state index in [4.69, 9.17) is 11.6 Å². The number of sulfone groups is 1. The lowest BCUT2D eigenvalue weighted by Gasteiger charge is -2.17. The second-order valence-electron chi connectivity index (χ2n) is 3.95. The first-order valence-corrected chi connectivity index (χ1v) is 8.24. The summed E-state index contributed by atoms with van der Waals surface area (Å²) in [6.45, 7) is 1.59. The molecule has 2 unspecified atom stereocenters. The summed E-state index contributed by atoms with van der Waals surface area (Å²) in [4.78, 5) is -0.369. The molecule has 0 saturated heterocycles. The van der Waals surface area contributed by atoms with E-state index < -0.39 is 20.9 Å². The van der Waals surface area contributed by atoms with Crippen LogP contribution in [0.1, 0.15) is 12.5 Å². The van der Waals surface area contributed by atoms with Gasteiger partial charge in [-0.15, -0.1) is 0 Å². The number of benzene rings is 1. The monoisotopic (exact) mass is 342 g/mol. The van der Waals surface area contributed by atoms with Crippen molar-refractivity contribution in [3.8, 4) is 0 Å². The molecule has 1 rings (SSSR count). The van der Waals surface area contributed by atoms with Gasteiger partial charge in [0.1, 0.15) is 5.82 Å². The van der Waals surface area contributed by atoms with Crippen LogP contribution >= 0.6 is 27.5 Å². The van der Waals surface area contributed by atoms with Crippen molar-refractivity contribution in [2.24, 2.45) is 0 Å². The minimum absolute atomic E-state index is 0.236. The van der Waals surface area contributed by atoms with E-state index in [9.17, 15) is 12.8 Å². The van der Waals surface area contributed by atoms with E-state index in [1.165, 1.54) is 12.1 Å². The van der Waals surface area contributed by atoms with Crippen LogP contribution in [0.25, 0.3) is 0 Å². The van der Waals surface area contributed by atoms with Crippen molar-refractivity contribution < 1.29 is 12.8 Å². The van der Waals surface area contributed by atoms with Gasteiger partial charge in [-0.1, -0.05) is 33.6 Å². The second-order valence-corrected chi connectivity index (χ2v) is 7.94. The van der Waals surface area contributed by atoms with E-state index in [1.807, 2.05) is 0 Å². The molecule has 0 amide bonds. The number of hydrogen-bond acceptors (Lipinski definition) is 2. The topological polar surface area (TPSA) is 34.1 Å². The van der Waals surface area contributed by atoms with Crippen LogP contribution in [0.4, 0.5) is 4.39 Å². The molecule has 1 aromatic rings. The van der Waals surface area contributed by atoms with Gasteiger partial charge in [0, 0.05) is 21.7 Å². The Morgan fingerprint density at radius 3 is 2.53 bits per heavy atom. The van der Waals surface area contributed by atoms with Crippen LogP contribution in [-0.4, -0.2) is 24.8 Å². The van der Waals surface area contributed by atoms with Crippen LogP contribution in [0, 0.1) is 5.82 Å². The van der Waals surface area contributed by atoms with Crippen LogP contribution in [-0.2, 0) is 16.3 Å². The van der Waals surface area contributed by atoms with Crippen molar-refractivity contribution in [1.29, 1.82) is 0 Å². The van der Waals surface area contributed by atoms with Crippen LogP contribution in [0.5, 0.6) is 0 Å². The molecule has 6 heteroatoms. The second kappa shape index (κ2) is 5.67. The molecule has 0 radical (unpaired) electrons. The van der Waals surface area contributed by atoms with E-state index in [0.717, 1.165) is 6.26 Å². The molecule has 0 fully saturated rings. The molecule has 0 aromatic heterocycles. The summed E-state index contributed by atoms with van der Waals surface area (Å²) < 4.78 is 36.3. The molecule has 0 aliphatic carbocycles. The average Bonchev–Trinajstić information content (AvgIpc) is 2.21. The standard InChI is InChI=1S/C11H13BrClFO2S/c1-7(17(2,15)16)9(12)6-8-10(13)4-3-5-11(8)14/h3-5,7,9H,6H2,1-2H3. The van der Waals surface area contributed by atoms with E-state index in [-0.39, 0.29) is 11.2 Å². The molecule has 0 aliphatic rings. The van der Waals surface area contributed by atoms with Gasteiger partial charge in [-0.25, -0.2) is 12.8 Å². The predicted octanol–water partition coefficient (Wildman–Crippen LogP) is 3.22. The third-order valence-corrected chi connectivity index (χ3v) is 6.15. The maximum Gasteiger partial charge on any atom is 0.151 e. The molecule has 2 atom stereocenters. The van der Waals surface area contributed by atoms with E-state index in [0.29, 0.717) is 10.6 Å². The Bertz CT molecular complexity index is 484. The lowest BCUT2D eigenvalue weighted by Crippen LogP contribution is -2.28. The zero-order valence-corrected chi connectivity index (χ0v) is 12.6. The SMILES string of the molecule is CC(C(Br)Cc1c(F)cccc1Cl)S(C)(=O)=O. The summed E-state index contributed by atoms with van der Waals surface area (Å²) in [5.41, 5.74) is 0.339. The third kappa shape index (κ3) is 3.93. The van der Waals surface area contributed by atoms with Gasteiger partial charge in [-0.2, -0.15) is 0 Å². The van der Waals surface area contributed by atoms with Gasteiger partial charge in [0.2, 0.25) is 0 Å². The zero-order chi connectivity index (χ0) is 13.2. The van der Waals surface area contributed by atoms with Gasteiger partial charge in [-0.3, -0.25) is 0 Å². The predicted molar refractivity (Wildman–Crippen MR) is 72.1 cm³/mol. The maximum atomic E-state index is 13.5. The van der Waals surface area contributed by atoms with E-state index in [1.54, 1.807) is 13.0 Å². The Morgan fingerprint density at radius 2 is 2.06 bits per heavy atom. The number of alkyl halides is 1. The minimum atomic E-state index is -3.16. The lowest BCUT2D eigenvalue weighted by molar-refractivity contribution is 0.580. The Morgan fingerprint density at radius 1 is 1.47 bits per heavy atom.